The number of primary amides is 1. The van der Waals surface area contributed by atoms with E-state index in [9.17, 15) is 4.79 Å². The van der Waals surface area contributed by atoms with Gasteiger partial charge in [-0.3, -0.25) is 4.79 Å². The number of benzene rings is 1. The van der Waals surface area contributed by atoms with Crippen LogP contribution in [0.3, 0.4) is 0 Å². The molecule has 0 saturated carbocycles. The van der Waals surface area contributed by atoms with Gasteiger partial charge in [-0.25, -0.2) is 0 Å². The predicted octanol–water partition coefficient (Wildman–Crippen LogP) is 2.24. The first kappa shape index (κ1) is 13.3. The molecule has 1 aromatic rings. The minimum atomic E-state index is -0.745. The van der Waals surface area contributed by atoms with Crippen LogP contribution >= 0.6 is 15.9 Å². The van der Waals surface area contributed by atoms with Gasteiger partial charge in [0.15, 0.2) is 0 Å². The Morgan fingerprint density at radius 2 is 2.29 bits per heavy atom. The van der Waals surface area contributed by atoms with Gasteiger partial charge >= 0.3 is 0 Å². The molecule has 17 heavy (non-hydrogen) atoms. The number of ether oxygens (including phenoxy) is 1. The second-order valence-corrected chi connectivity index (χ2v) is 4.10. The number of carbonyl (C=O) groups excluding carboxylic acids is 1. The molecule has 5 heteroatoms. The van der Waals surface area contributed by atoms with Crippen molar-refractivity contribution in [2.24, 2.45) is 5.73 Å². The zero-order valence-corrected chi connectivity index (χ0v) is 10.8. The number of nitrogens with zero attached hydrogens (tertiary/aromatic N) is 1. The van der Waals surface area contributed by atoms with Crippen molar-refractivity contribution in [3.8, 4) is 11.8 Å². The molecule has 4 nitrogen and oxygen atoms in total. The van der Waals surface area contributed by atoms with Gasteiger partial charge in [-0.15, -0.1) is 0 Å². The van der Waals surface area contributed by atoms with Crippen LogP contribution < -0.4 is 10.5 Å². The number of nitrogens with two attached hydrogens (primary N) is 1. The van der Waals surface area contributed by atoms with E-state index in [1.807, 2.05) is 6.92 Å². The van der Waals surface area contributed by atoms with E-state index in [1.165, 1.54) is 6.08 Å². The summed E-state index contributed by atoms with van der Waals surface area (Å²) in [5.41, 5.74) is 5.64. The van der Waals surface area contributed by atoms with E-state index in [0.717, 1.165) is 4.47 Å². The van der Waals surface area contributed by atoms with Gasteiger partial charge in [0.05, 0.1) is 6.61 Å². The Morgan fingerprint density at radius 1 is 1.59 bits per heavy atom. The SMILES string of the molecule is CCOc1cc(Br)cc(/C=C(\C#N)C(N)=O)c1. The number of nitriles is 1. The van der Waals surface area contributed by atoms with E-state index in [0.29, 0.717) is 17.9 Å². The molecule has 1 rings (SSSR count). The van der Waals surface area contributed by atoms with Gasteiger partial charge < -0.3 is 10.5 Å². The summed E-state index contributed by atoms with van der Waals surface area (Å²) in [7, 11) is 0. The highest BCUT2D eigenvalue weighted by Gasteiger charge is 2.05. The normalized spacial score (nSPS) is 10.8. The lowest BCUT2D eigenvalue weighted by molar-refractivity contribution is -0.114. The fraction of sp³-hybridized carbons (Fsp3) is 0.167. The first-order chi connectivity index (χ1) is 8.06. The highest BCUT2D eigenvalue weighted by atomic mass is 79.9. The Labute approximate surface area is 108 Å². The fourth-order valence-electron chi connectivity index (χ4n) is 1.24. The summed E-state index contributed by atoms with van der Waals surface area (Å²) in [6.07, 6.45) is 1.43. The number of hydrogen-bond acceptors (Lipinski definition) is 3. The standard InChI is InChI=1S/C12H11BrN2O2/c1-2-17-11-5-8(4-10(13)6-11)3-9(7-14)12(15)16/h3-6H,2H2,1H3,(H2,15,16)/b9-3+. The Kier molecular flexibility index (Phi) is 4.73. The number of hydrogen-bond donors (Lipinski definition) is 1. The molecule has 0 radical (unpaired) electrons. The van der Waals surface area contributed by atoms with Gasteiger partial charge in [-0.05, 0) is 36.8 Å². The molecule has 0 saturated heterocycles. The Bertz CT molecular complexity index is 504. The first-order valence-electron chi connectivity index (χ1n) is 4.91. The summed E-state index contributed by atoms with van der Waals surface area (Å²) in [5.74, 6) is -0.0830. The Balaban J connectivity index is 3.14. The van der Waals surface area contributed by atoms with Crippen LogP contribution in [0.5, 0.6) is 5.75 Å². The van der Waals surface area contributed by atoms with Crippen molar-refractivity contribution in [2.45, 2.75) is 6.92 Å². The molecule has 0 bridgehead atoms. The smallest absolute Gasteiger partial charge is 0.259 e. The number of rotatable bonds is 4. The molecule has 1 aromatic carbocycles. The maximum atomic E-state index is 10.9. The molecule has 0 aromatic heterocycles. The molecule has 0 atom stereocenters. The van der Waals surface area contributed by atoms with E-state index >= 15 is 0 Å². The van der Waals surface area contributed by atoms with Gasteiger partial charge in [-0.2, -0.15) is 5.26 Å². The van der Waals surface area contributed by atoms with Crippen molar-refractivity contribution >= 4 is 27.9 Å². The van der Waals surface area contributed by atoms with Gasteiger partial charge in [0, 0.05) is 4.47 Å². The molecular formula is C12H11BrN2O2. The average molecular weight is 295 g/mol. The Hall–Kier alpha value is -1.80. The zero-order valence-electron chi connectivity index (χ0n) is 9.24. The molecule has 2 N–H and O–H groups in total. The topological polar surface area (TPSA) is 76.1 Å². The molecule has 0 aliphatic rings. The summed E-state index contributed by atoms with van der Waals surface area (Å²) in [4.78, 5) is 10.9. The van der Waals surface area contributed by atoms with Gasteiger partial charge in [0.1, 0.15) is 17.4 Å². The predicted molar refractivity (Wildman–Crippen MR) is 68.1 cm³/mol. The quantitative estimate of drug-likeness (QED) is 0.683. The summed E-state index contributed by atoms with van der Waals surface area (Å²) in [5, 5.41) is 8.74. The summed E-state index contributed by atoms with van der Waals surface area (Å²) >= 11 is 3.32. The molecule has 0 aliphatic heterocycles. The first-order valence-corrected chi connectivity index (χ1v) is 5.71. The third-order valence-corrected chi connectivity index (χ3v) is 2.36. The summed E-state index contributed by atoms with van der Waals surface area (Å²) in [6.45, 7) is 2.42. The molecule has 0 aliphatic carbocycles. The van der Waals surface area contributed by atoms with Crippen LogP contribution in [0.25, 0.3) is 6.08 Å². The van der Waals surface area contributed by atoms with Crippen molar-refractivity contribution in [2.75, 3.05) is 6.61 Å². The summed E-state index contributed by atoms with van der Waals surface area (Å²) in [6, 6.07) is 7.05. The van der Waals surface area contributed by atoms with Crippen LogP contribution in [-0.4, -0.2) is 12.5 Å². The van der Waals surface area contributed by atoms with Crippen LogP contribution in [0.4, 0.5) is 0 Å². The number of halogens is 1. The van der Waals surface area contributed by atoms with E-state index in [4.69, 9.17) is 15.7 Å². The van der Waals surface area contributed by atoms with E-state index < -0.39 is 5.91 Å². The third kappa shape index (κ3) is 3.93. The molecule has 88 valence electrons. The Morgan fingerprint density at radius 3 is 2.82 bits per heavy atom. The van der Waals surface area contributed by atoms with Crippen LogP contribution in [0, 0.1) is 11.3 Å². The maximum Gasteiger partial charge on any atom is 0.259 e. The zero-order chi connectivity index (χ0) is 12.8. The van der Waals surface area contributed by atoms with Gasteiger partial charge in [0.2, 0.25) is 0 Å². The van der Waals surface area contributed by atoms with Gasteiger partial charge in [-0.1, -0.05) is 15.9 Å². The monoisotopic (exact) mass is 294 g/mol. The van der Waals surface area contributed by atoms with Crippen molar-refractivity contribution in [1.29, 1.82) is 5.26 Å². The molecule has 0 unspecified atom stereocenters. The van der Waals surface area contributed by atoms with Crippen LogP contribution in [0.15, 0.2) is 28.2 Å². The third-order valence-electron chi connectivity index (χ3n) is 1.90. The average Bonchev–Trinajstić information content (AvgIpc) is 2.25. The molecule has 0 spiro atoms. The van der Waals surface area contributed by atoms with Crippen molar-refractivity contribution in [3.63, 3.8) is 0 Å². The number of carbonyl (C=O) groups is 1. The summed E-state index contributed by atoms with van der Waals surface area (Å²) < 4.78 is 6.15. The minimum absolute atomic E-state index is 0.0921. The van der Waals surface area contributed by atoms with Crippen LogP contribution in [0.2, 0.25) is 0 Å². The molecular weight excluding hydrogens is 284 g/mol. The van der Waals surface area contributed by atoms with Gasteiger partial charge in [0.25, 0.3) is 5.91 Å². The lowest BCUT2D eigenvalue weighted by Crippen LogP contribution is -2.12. The fourth-order valence-corrected chi connectivity index (χ4v) is 1.73. The van der Waals surface area contributed by atoms with Crippen LogP contribution in [-0.2, 0) is 4.79 Å². The second kappa shape index (κ2) is 6.06. The van der Waals surface area contributed by atoms with E-state index in [1.54, 1.807) is 24.3 Å². The largest absolute Gasteiger partial charge is 0.494 e. The highest BCUT2D eigenvalue weighted by molar-refractivity contribution is 9.10. The molecule has 0 heterocycles. The highest BCUT2D eigenvalue weighted by Crippen LogP contribution is 2.23. The van der Waals surface area contributed by atoms with E-state index in [2.05, 4.69) is 15.9 Å². The van der Waals surface area contributed by atoms with Crippen LogP contribution in [0.1, 0.15) is 12.5 Å². The lowest BCUT2D eigenvalue weighted by Gasteiger charge is -2.05. The maximum absolute atomic E-state index is 10.9. The molecule has 1 amide bonds. The van der Waals surface area contributed by atoms with E-state index in [-0.39, 0.29) is 5.57 Å². The van der Waals surface area contributed by atoms with Crippen molar-refractivity contribution in [3.05, 3.63) is 33.8 Å². The second-order valence-electron chi connectivity index (χ2n) is 3.19. The van der Waals surface area contributed by atoms with Crippen molar-refractivity contribution in [1.82, 2.24) is 0 Å². The van der Waals surface area contributed by atoms with Crippen molar-refractivity contribution < 1.29 is 9.53 Å². The lowest BCUT2D eigenvalue weighted by atomic mass is 10.1. The molecule has 0 fully saturated rings. The number of amides is 1. The minimum Gasteiger partial charge on any atom is -0.494 e.